The number of aromatic nitrogens is 2. The molecule has 0 bridgehead atoms. The van der Waals surface area contributed by atoms with Gasteiger partial charge in [-0.3, -0.25) is 9.89 Å². The Labute approximate surface area is 80.2 Å². The monoisotopic (exact) mass is 219 g/mol. The van der Waals surface area contributed by atoms with E-state index in [2.05, 4.69) is 10.2 Å². The molecule has 0 aromatic carbocycles. The molecule has 0 amide bonds. The molecule has 0 spiro atoms. The molecule has 1 aromatic heterocycles. The number of carboxylic acids is 1. The SMILES string of the molecule is C[C@@H](NS(=O)(=O)c1ccn[nH]1)C(=O)O. The van der Waals surface area contributed by atoms with Crippen LogP contribution in [0.4, 0.5) is 0 Å². The smallest absolute Gasteiger partial charge is 0.321 e. The highest BCUT2D eigenvalue weighted by atomic mass is 32.2. The highest BCUT2D eigenvalue weighted by molar-refractivity contribution is 7.89. The zero-order valence-electron chi connectivity index (χ0n) is 7.26. The molecule has 0 aliphatic carbocycles. The molecule has 78 valence electrons. The Balaban J connectivity index is 2.84. The van der Waals surface area contributed by atoms with E-state index in [0.717, 1.165) is 0 Å². The number of hydrogen-bond acceptors (Lipinski definition) is 4. The van der Waals surface area contributed by atoms with Crippen LogP contribution in [0.1, 0.15) is 6.92 Å². The van der Waals surface area contributed by atoms with Gasteiger partial charge < -0.3 is 5.11 Å². The molecule has 8 heteroatoms. The molecule has 0 saturated heterocycles. The zero-order chi connectivity index (χ0) is 10.8. The van der Waals surface area contributed by atoms with E-state index in [1.807, 2.05) is 4.72 Å². The lowest BCUT2D eigenvalue weighted by Gasteiger charge is -2.07. The first-order chi connectivity index (χ1) is 6.43. The van der Waals surface area contributed by atoms with E-state index in [1.54, 1.807) is 0 Å². The number of sulfonamides is 1. The number of aliphatic carboxylic acids is 1. The van der Waals surface area contributed by atoms with E-state index >= 15 is 0 Å². The van der Waals surface area contributed by atoms with Gasteiger partial charge in [0.25, 0.3) is 10.0 Å². The number of nitrogens with one attached hydrogen (secondary N) is 2. The fourth-order valence-electron chi connectivity index (χ4n) is 0.739. The lowest BCUT2D eigenvalue weighted by molar-refractivity contribution is -0.138. The lowest BCUT2D eigenvalue weighted by atomic mass is 10.4. The minimum Gasteiger partial charge on any atom is -0.480 e. The minimum atomic E-state index is -3.81. The van der Waals surface area contributed by atoms with Crippen molar-refractivity contribution in [2.24, 2.45) is 0 Å². The van der Waals surface area contributed by atoms with Crippen LogP contribution in [0.15, 0.2) is 17.3 Å². The van der Waals surface area contributed by atoms with Gasteiger partial charge in [-0.1, -0.05) is 0 Å². The average molecular weight is 219 g/mol. The summed E-state index contributed by atoms with van der Waals surface area (Å²) in [5.74, 6) is -1.24. The third-order valence-electron chi connectivity index (χ3n) is 1.47. The van der Waals surface area contributed by atoms with Gasteiger partial charge in [0.05, 0.1) is 6.20 Å². The molecule has 0 saturated carbocycles. The summed E-state index contributed by atoms with van der Waals surface area (Å²) < 4.78 is 24.7. The lowest BCUT2D eigenvalue weighted by Crippen LogP contribution is -2.38. The Hall–Kier alpha value is -1.41. The second kappa shape index (κ2) is 3.76. The fourth-order valence-corrected chi connectivity index (χ4v) is 1.85. The normalized spacial score (nSPS) is 13.8. The van der Waals surface area contributed by atoms with Crippen LogP contribution in [0.2, 0.25) is 0 Å². The number of carbonyl (C=O) groups is 1. The van der Waals surface area contributed by atoms with Crippen LogP contribution in [-0.4, -0.2) is 35.7 Å². The first-order valence-electron chi connectivity index (χ1n) is 3.68. The Morgan fingerprint density at radius 2 is 2.36 bits per heavy atom. The highest BCUT2D eigenvalue weighted by Gasteiger charge is 2.22. The summed E-state index contributed by atoms with van der Waals surface area (Å²) in [5, 5.41) is 14.0. The summed E-state index contributed by atoms with van der Waals surface area (Å²) in [6, 6.07) is 0.0555. The summed E-state index contributed by atoms with van der Waals surface area (Å²) in [4.78, 5) is 10.4. The molecule has 1 heterocycles. The first-order valence-corrected chi connectivity index (χ1v) is 5.16. The molecule has 0 unspecified atom stereocenters. The second-order valence-corrected chi connectivity index (χ2v) is 4.28. The zero-order valence-corrected chi connectivity index (χ0v) is 8.08. The van der Waals surface area contributed by atoms with Crippen LogP contribution in [0.5, 0.6) is 0 Å². The maximum atomic E-state index is 11.4. The van der Waals surface area contributed by atoms with Gasteiger partial charge >= 0.3 is 5.97 Å². The molecule has 1 rings (SSSR count). The van der Waals surface area contributed by atoms with Crippen LogP contribution >= 0.6 is 0 Å². The van der Waals surface area contributed by atoms with E-state index < -0.39 is 22.0 Å². The van der Waals surface area contributed by atoms with Crippen molar-refractivity contribution in [2.45, 2.75) is 18.0 Å². The summed E-state index contributed by atoms with van der Waals surface area (Å²) in [6.45, 7) is 1.23. The van der Waals surface area contributed by atoms with Gasteiger partial charge in [0.2, 0.25) is 0 Å². The third-order valence-corrected chi connectivity index (χ3v) is 2.94. The number of H-pyrrole nitrogens is 1. The molecular formula is C6H9N3O4S. The Kier molecular flexibility index (Phi) is 2.87. The third kappa shape index (κ3) is 2.30. The maximum Gasteiger partial charge on any atom is 0.321 e. The second-order valence-electron chi connectivity index (χ2n) is 2.60. The molecule has 0 aliphatic heterocycles. The largest absolute Gasteiger partial charge is 0.480 e. The van der Waals surface area contributed by atoms with Crippen LogP contribution in [0, 0.1) is 0 Å². The predicted molar refractivity (Wildman–Crippen MR) is 46.0 cm³/mol. The Morgan fingerprint density at radius 1 is 1.71 bits per heavy atom. The summed E-state index contributed by atoms with van der Waals surface area (Å²) in [6.07, 6.45) is 1.26. The average Bonchev–Trinajstić information content (AvgIpc) is 2.54. The molecule has 7 nitrogen and oxygen atoms in total. The van der Waals surface area contributed by atoms with Crippen LogP contribution in [0.25, 0.3) is 0 Å². The molecule has 3 N–H and O–H groups in total. The molecule has 0 radical (unpaired) electrons. The van der Waals surface area contributed by atoms with E-state index in [-0.39, 0.29) is 5.03 Å². The number of carboxylic acid groups (broad SMARTS) is 1. The number of rotatable bonds is 4. The van der Waals surface area contributed by atoms with Crippen molar-refractivity contribution in [3.63, 3.8) is 0 Å². The van der Waals surface area contributed by atoms with Crippen molar-refractivity contribution in [1.29, 1.82) is 0 Å². The van der Waals surface area contributed by atoms with Gasteiger partial charge in [-0.05, 0) is 13.0 Å². The van der Waals surface area contributed by atoms with Crippen LogP contribution < -0.4 is 4.72 Å². The predicted octanol–water partition coefficient (Wildman–Crippen LogP) is -0.839. The number of aromatic amines is 1. The molecule has 0 fully saturated rings. The summed E-state index contributed by atoms with van der Waals surface area (Å²) in [5.41, 5.74) is 0. The van der Waals surface area contributed by atoms with Crippen molar-refractivity contribution in [3.8, 4) is 0 Å². The molecular weight excluding hydrogens is 210 g/mol. The van der Waals surface area contributed by atoms with Crippen LogP contribution in [0.3, 0.4) is 0 Å². The van der Waals surface area contributed by atoms with Gasteiger partial charge in [-0.15, -0.1) is 0 Å². The Bertz CT molecular complexity index is 410. The number of hydrogen-bond donors (Lipinski definition) is 3. The molecule has 14 heavy (non-hydrogen) atoms. The molecule has 1 aromatic rings. The van der Waals surface area contributed by atoms with Crippen molar-refractivity contribution < 1.29 is 18.3 Å². The van der Waals surface area contributed by atoms with Crippen molar-refractivity contribution in [1.82, 2.24) is 14.9 Å². The van der Waals surface area contributed by atoms with E-state index in [1.165, 1.54) is 19.2 Å². The van der Waals surface area contributed by atoms with Crippen LogP contribution in [-0.2, 0) is 14.8 Å². The van der Waals surface area contributed by atoms with E-state index in [0.29, 0.717) is 0 Å². The van der Waals surface area contributed by atoms with Crippen molar-refractivity contribution >= 4 is 16.0 Å². The highest BCUT2D eigenvalue weighted by Crippen LogP contribution is 2.03. The fraction of sp³-hybridized carbons (Fsp3) is 0.333. The quantitative estimate of drug-likeness (QED) is 0.611. The molecule has 1 atom stereocenters. The number of nitrogens with zero attached hydrogens (tertiary/aromatic N) is 1. The first kappa shape index (κ1) is 10.7. The van der Waals surface area contributed by atoms with Gasteiger partial charge in [0, 0.05) is 0 Å². The standard InChI is InChI=1S/C6H9N3O4S/c1-4(6(10)11)9-14(12,13)5-2-3-7-8-5/h2-4,9H,1H3,(H,7,8)(H,10,11)/t4-/m1/s1. The van der Waals surface area contributed by atoms with Gasteiger partial charge in [-0.2, -0.15) is 9.82 Å². The van der Waals surface area contributed by atoms with E-state index in [4.69, 9.17) is 5.11 Å². The van der Waals surface area contributed by atoms with Gasteiger partial charge in [0.1, 0.15) is 6.04 Å². The van der Waals surface area contributed by atoms with Gasteiger partial charge in [0.15, 0.2) is 5.03 Å². The van der Waals surface area contributed by atoms with E-state index in [9.17, 15) is 13.2 Å². The van der Waals surface area contributed by atoms with Gasteiger partial charge in [-0.25, -0.2) is 8.42 Å². The summed E-state index contributed by atoms with van der Waals surface area (Å²) in [7, 11) is -3.81. The van der Waals surface area contributed by atoms with Crippen molar-refractivity contribution in [3.05, 3.63) is 12.3 Å². The summed E-state index contributed by atoms with van der Waals surface area (Å²) >= 11 is 0. The topological polar surface area (TPSA) is 112 Å². The minimum absolute atomic E-state index is 0.161. The van der Waals surface area contributed by atoms with Crippen molar-refractivity contribution in [2.75, 3.05) is 0 Å². The maximum absolute atomic E-state index is 11.4. The Morgan fingerprint density at radius 3 is 2.79 bits per heavy atom. The molecule has 0 aliphatic rings.